The van der Waals surface area contributed by atoms with Gasteiger partial charge in [0.25, 0.3) is 0 Å². The molecule has 6 rings (SSSR count). The minimum atomic E-state index is -0.655. The zero-order chi connectivity index (χ0) is 27.3. The third-order valence-electron chi connectivity index (χ3n) is 7.43. The number of fused-ring (bicyclic) bond motifs is 2. The summed E-state index contributed by atoms with van der Waals surface area (Å²) in [7, 11) is 3.72. The maximum Gasteiger partial charge on any atom is 0.319 e. The average Bonchev–Trinajstić information content (AvgIpc) is 3.51. The quantitative estimate of drug-likeness (QED) is 0.354. The summed E-state index contributed by atoms with van der Waals surface area (Å²) in [4.78, 5) is 17.7. The number of piperazine rings is 1. The van der Waals surface area contributed by atoms with E-state index >= 15 is 4.39 Å². The number of nitrogens with one attached hydrogen (secondary N) is 1. The first-order valence-corrected chi connectivity index (χ1v) is 13.9. The lowest BCUT2D eigenvalue weighted by Crippen LogP contribution is -2.44. The second kappa shape index (κ2) is 10.6. The first-order chi connectivity index (χ1) is 18.8. The molecule has 0 bridgehead atoms. The summed E-state index contributed by atoms with van der Waals surface area (Å²) in [6, 6.07) is 4.59. The van der Waals surface area contributed by atoms with Crippen LogP contribution in [0.15, 0.2) is 18.2 Å². The highest BCUT2D eigenvalue weighted by atomic mass is 35.5. The van der Waals surface area contributed by atoms with Gasteiger partial charge < -0.3 is 25.4 Å². The Balaban J connectivity index is 1.47. The molecule has 2 atom stereocenters. The summed E-state index contributed by atoms with van der Waals surface area (Å²) in [6.07, 6.45) is 0.948. The Labute approximate surface area is 232 Å². The van der Waals surface area contributed by atoms with E-state index in [1.54, 1.807) is 13.2 Å². The predicted octanol–water partition coefficient (Wildman–Crippen LogP) is 3.93. The molecule has 0 spiro atoms. The SMILES string of the molecule is CO[C@@H]1C[C@@H](COc2nc(N3CCNCC3)c3cc(Cl)c(-c4ccc(F)c5sc(N)nc45)c(F)c3n2)N(C)C1. The van der Waals surface area contributed by atoms with Gasteiger partial charge in [-0.3, -0.25) is 4.90 Å². The van der Waals surface area contributed by atoms with Crippen LogP contribution in [-0.4, -0.2) is 85.5 Å². The highest BCUT2D eigenvalue weighted by Crippen LogP contribution is 2.42. The van der Waals surface area contributed by atoms with Crippen LogP contribution < -0.4 is 20.7 Å². The fourth-order valence-electron chi connectivity index (χ4n) is 5.35. The van der Waals surface area contributed by atoms with E-state index < -0.39 is 11.6 Å². The fourth-order valence-corrected chi connectivity index (χ4v) is 6.41. The molecule has 0 amide bonds. The van der Waals surface area contributed by atoms with E-state index in [1.807, 2.05) is 7.05 Å². The van der Waals surface area contributed by atoms with Crippen LogP contribution in [0.1, 0.15) is 6.42 Å². The van der Waals surface area contributed by atoms with Gasteiger partial charge in [0.05, 0.1) is 21.3 Å². The van der Waals surface area contributed by atoms with Gasteiger partial charge in [0.15, 0.2) is 10.9 Å². The summed E-state index contributed by atoms with van der Waals surface area (Å²) in [5, 5.41) is 4.12. The number of hydrogen-bond donors (Lipinski definition) is 2. The molecule has 206 valence electrons. The Morgan fingerprint density at radius 3 is 2.72 bits per heavy atom. The minimum absolute atomic E-state index is 0.0724. The Morgan fingerprint density at radius 2 is 1.97 bits per heavy atom. The number of likely N-dealkylation sites (tertiary alicyclic amines) is 1. The van der Waals surface area contributed by atoms with Crippen molar-refractivity contribution in [3.63, 3.8) is 0 Å². The number of halogens is 3. The molecular formula is C26H28ClF2N7O2S. The molecule has 0 unspecified atom stereocenters. The lowest BCUT2D eigenvalue weighted by molar-refractivity contribution is 0.111. The van der Waals surface area contributed by atoms with Gasteiger partial charge in [0.1, 0.15) is 23.8 Å². The van der Waals surface area contributed by atoms with Crippen LogP contribution in [-0.2, 0) is 4.74 Å². The minimum Gasteiger partial charge on any atom is -0.462 e. The van der Waals surface area contributed by atoms with Gasteiger partial charge in [-0.25, -0.2) is 13.8 Å². The number of thiazole rings is 1. The number of methoxy groups -OCH3 is 1. The van der Waals surface area contributed by atoms with Gasteiger partial charge in [0.2, 0.25) is 0 Å². The molecule has 39 heavy (non-hydrogen) atoms. The third-order valence-corrected chi connectivity index (χ3v) is 8.62. The molecule has 2 aliphatic rings. The number of rotatable bonds is 6. The molecule has 0 aliphatic carbocycles. The number of hydrogen-bond acceptors (Lipinski definition) is 10. The van der Waals surface area contributed by atoms with E-state index in [0.29, 0.717) is 36.5 Å². The number of benzene rings is 2. The van der Waals surface area contributed by atoms with Crippen LogP contribution in [0, 0.1) is 11.6 Å². The van der Waals surface area contributed by atoms with Gasteiger partial charge in [-0.1, -0.05) is 22.9 Å². The number of nitrogen functional groups attached to an aromatic ring is 1. The van der Waals surface area contributed by atoms with Gasteiger partial charge in [0, 0.05) is 62.4 Å². The van der Waals surface area contributed by atoms with Crippen LogP contribution in [0.3, 0.4) is 0 Å². The molecule has 2 aliphatic heterocycles. The van der Waals surface area contributed by atoms with E-state index in [9.17, 15) is 4.39 Å². The summed E-state index contributed by atoms with van der Waals surface area (Å²) in [5.74, 6) is -0.578. The number of ether oxygens (including phenoxy) is 2. The molecule has 4 heterocycles. The average molecular weight is 576 g/mol. The molecule has 2 saturated heterocycles. The maximum atomic E-state index is 16.4. The second-order valence-electron chi connectivity index (χ2n) is 9.83. The topological polar surface area (TPSA) is 102 Å². The zero-order valence-electron chi connectivity index (χ0n) is 21.5. The Morgan fingerprint density at radius 1 is 1.18 bits per heavy atom. The predicted molar refractivity (Wildman–Crippen MR) is 150 cm³/mol. The van der Waals surface area contributed by atoms with E-state index in [1.165, 1.54) is 12.1 Å². The standard InChI is InChI=1S/C26H28ClF2N7O2S/c1-35-11-14(37-2)9-13(35)12-38-26-33-21-16(24(34-26)36-7-5-31-6-8-36)10-17(27)19(20(21)29)15-3-4-18(28)23-22(15)32-25(30)39-23/h3-4,10,13-14,31H,5-9,11-12H2,1-2H3,(H2,30,32)/t13-,14+/m0/s1. The van der Waals surface area contributed by atoms with Gasteiger partial charge in [-0.05, 0) is 31.7 Å². The van der Waals surface area contributed by atoms with Gasteiger partial charge >= 0.3 is 6.01 Å². The third kappa shape index (κ3) is 4.84. The van der Waals surface area contributed by atoms with Crippen molar-refractivity contribution in [2.75, 3.05) is 64.1 Å². The van der Waals surface area contributed by atoms with Crippen molar-refractivity contribution in [2.24, 2.45) is 0 Å². The number of aromatic nitrogens is 3. The van der Waals surface area contributed by atoms with Crippen molar-refractivity contribution < 1.29 is 18.3 Å². The second-order valence-corrected chi connectivity index (χ2v) is 11.3. The highest BCUT2D eigenvalue weighted by molar-refractivity contribution is 7.22. The number of likely N-dealkylation sites (N-methyl/N-ethyl adjacent to an activating group) is 1. The van der Waals surface area contributed by atoms with E-state index in [-0.39, 0.29) is 49.6 Å². The van der Waals surface area contributed by atoms with Crippen LogP contribution in [0.5, 0.6) is 6.01 Å². The zero-order valence-corrected chi connectivity index (χ0v) is 23.1. The van der Waals surface area contributed by atoms with Crippen LogP contribution in [0.25, 0.3) is 32.2 Å². The monoisotopic (exact) mass is 575 g/mol. The Hall–Kier alpha value is -2.90. The molecule has 4 aromatic rings. The number of nitrogens with zero attached hydrogens (tertiary/aromatic N) is 5. The smallest absolute Gasteiger partial charge is 0.319 e. The summed E-state index contributed by atoms with van der Waals surface area (Å²) in [6.45, 7) is 4.04. The van der Waals surface area contributed by atoms with Gasteiger partial charge in [-0.2, -0.15) is 9.97 Å². The van der Waals surface area contributed by atoms with Crippen LogP contribution in [0.2, 0.25) is 5.02 Å². The molecule has 13 heteroatoms. The largest absolute Gasteiger partial charge is 0.462 e. The molecular weight excluding hydrogens is 548 g/mol. The molecule has 2 aromatic carbocycles. The van der Waals surface area contributed by atoms with E-state index in [4.69, 9.17) is 31.8 Å². The van der Waals surface area contributed by atoms with Crippen molar-refractivity contribution in [3.8, 4) is 17.1 Å². The molecule has 0 radical (unpaired) electrons. The highest BCUT2D eigenvalue weighted by Gasteiger charge is 2.31. The van der Waals surface area contributed by atoms with E-state index in [0.717, 1.165) is 37.4 Å². The molecule has 3 N–H and O–H groups in total. The van der Waals surface area contributed by atoms with Crippen molar-refractivity contribution in [1.29, 1.82) is 0 Å². The van der Waals surface area contributed by atoms with Gasteiger partial charge in [-0.15, -0.1) is 0 Å². The molecule has 0 saturated carbocycles. The fraction of sp³-hybridized carbons (Fsp3) is 0.423. The lowest BCUT2D eigenvalue weighted by atomic mass is 10.0. The molecule has 9 nitrogen and oxygen atoms in total. The summed E-state index contributed by atoms with van der Waals surface area (Å²) >= 11 is 7.71. The van der Waals surface area contributed by atoms with Crippen molar-refractivity contribution in [3.05, 3.63) is 34.9 Å². The number of nitrogens with two attached hydrogens (primary N) is 1. The number of anilines is 2. The van der Waals surface area contributed by atoms with Crippen LogP contribution >= 0.6 is 22.9 Å². The Bertz CT molecular complexity index is 1550. The van der Waals surface area contributed by atoms with Crippen molar-refractivity contribution in [1.82, 2.24) is 25.2 Å². The van der Waals surface area contributed by atoms with E-state index in [2.05, 4.69) is 25.1 Å². The lowest BCUT2D eigenvalue weighted by Gasteiger charge is -2.29. The normalized spacial score (nSPS) is 20.4. The molecule has 2 fully saturated rings. The maximum absolute atomic E-state index is 16.4. The first-order valence-electron chi connectivity index (χ1n) is 12.7. The Kier molecular flexibility index (Phi) is 7.15. The molecule has 2 aromatic heterocycles. The van der Waals surface area contributed by atoms with Crippen molar-refractivity contribution in [2.45, 2.75) is 18.6 Å². The van der Waals surface area contributed by atoms with Crippen LogP contribution in [0.4, 0.5) is 19.7 Å². The summed E-state index contributed by atoms with van der Waals surface area (Å²) < 4.78 is 42.7. The van der Waals surface area contributed by atoms with Crippen molar-refractivity contribution >= 4 is 55.0 Å². The summed E-state index contributed by atoms with van der Waals surface area (Å²) in [5.41, 5.74) is 6.60. The first kappa shape index (κ1) is 26.3.